The number of ether oxygens (including phenoxy) is 1. The van der Waals surface area contributed by atoms with Crippen molar-refractivity contribution in [2.45, 2.75) is 58.3 Å². The van der Waals surface area contributed by atoms with E-state index < -0.39 is 10.2 Å². The first-order valence-corrected chi connectivity index (χ1v) is 9.48. The number of morpholine rings is 1. The Morgan fingerprint density at radius 2 is 1.73 bits per heavy atom. The molecule has 0 radical (unpaired) electrons. The lowest BCUT2D eigenvalue weighted by Gasteiger charge is -2.40. The molecule has 2 unspecified atom stereocenters. The lowest BCUT2D eigenvalue weighted by molar-refractivity contribution is -0.0458. The summed E-state index contributed by atoms with van der Waals surface area (Å²) in [6.07, 6.45) is 2.56. The van der Waals surface area contributed by atoms with Gasteiger partial charge in [0, 0.05) is 25.7 Å². The summed E-state index contributed by atoms with van der Waals surface area (Å²) < 4.78 is 35.1. The molecule has 22 heavy (non-hydrogen) atoms. The second-order valence-electron chi connectivity index (χ2n) is 6.17. The minimum atomic E-state index is -3.39. The van der Waals surface area contributed by atoms with Crippen molar-refractivity contribution in [3.63, 3.8) is 0 Å². The topological polar surface area (TPSA) is 61.9 Å². The van der Waals surface area contributed by atoms with Crippen LogP contribution in [0, 0.1) is 0 Å². The van der Waals surface area contributed by atoms with Crippen LogP contribution < -0.4 is 5.32 Å². The van der Waals surface area contributed by atoms with E-state index in [-0.39, 0.29) is 30.7 Å². The first kappa shape index (κ1) is 20.1. The van der Waals surface area contributed by atoms with Gasteiger partial charge in [0.2, 0.25) is 0 Å². The van der Waals surface area contributed by atoms with Gasteiger partial charge in [-0.3, -0.25) is 0 Å². The summed E-state index contributed by atoms with van der Waals surface area (Å²) in [5.41, 5.74) is 0. The van der Waals surface area contributed by atoms with E-state index in [2.05, 4.69) is 5.32 Å². The second kappa shape index (κ2) is 8.80. The van der Waals surface area contributed by atoms with Crippen LogP contribution in [0.15, 0.2) is 0 Å². The maximum atomic E-state index is 13.0. The largest absolute Gasteiger partial charge is 0.373 e. The molecule has 2 aliphatic heterocycles. The van der Waals surface area contributed by atoms with Crippen LogP contribution in [0.2, 0.25) is 0 Å². The van der Waals surface area contributed by atoms with Gasteiger partial charge in [-0.15, -0.1) is 12.4 Å². The highest BCUT2D eigenvalue weighted by Crippen LogP contribution is 2.23. The molecule has 2 rings (SSSR count). The van der Waals surface area contributed by atoms with Crippen LogP contribution in [0.5, 0.6) is 0 Å². The van der Waals surface area contributed by atoms with Crippen LogP contribution in [0.3, 0.4) is 0 Å². The van der Waals surface area contributed by atoms with Crippen LogP contribution >= 0.6 is 12.4 Å². The number of halogens is 1. The first-order valence-electron chi connectivity index (χ1n) is 8.08. The number of nitrogens with one attached hydrogen (secondary N) is 1. The van der Waals surface area contributed by atoms with Gasteiger partial charge in [-0.1, -0.05) is 6.92 Å². The van der Waals surface area contributed by atoms with Crippen LogP contribution in [0.1, 0.15) is 40.0 Å². The number of hydrogen-bond acceptors (Lipinski definition) is 4. The summed E-state index contributed by atoms with van der Waals surface area (Å²) in [7, 11) is -3.39. The second-order valence-corrected chi connectivity index (χ2v) is 8.06. The van der Waals surface area contributed by atoms with Gasteiger partial charge in [0.05, 0.1) is 12.2 Å². The molecule has 0 saturated carbocycles. The van der Waals surface area contributed by atoms with Gasteiger partial charge in [0.25, 0.3) is 10.2 Å². The zero-order chi connectivity index (χ0) is 15.5. The predicted octanol–water partition coefficient (Wildman–Crippen LogP) is 1.23. The molecule has 0 aliphatic carbocycles. The van der Waals surface area contributed by atoms with Crippen molar-refractivity contribution >= 4 is 22.6 Å². The molecule has 0 aromatic heterocycles. The van der Waals surface area contributed by atoms with Crippen molar-refractivity contribution in [3.05, 3.63) is 0 Å². The number of nitrogens with zero attached hydrogens (tertiary/aromatic N) is 2. The van der Waals surface area contributed by atoms with E-state index in [1.165, 1.54) is 0 Å². The Balaban J connectivity index is 0.00000242. The van der Waals surface area contributed by atoms with Gasteiger partial charge in [0.1, 0.15) is 0 Å². The summed E-state index contributed by atoms with van der Waals surface area (Å²) in [4.78, 5) is 0. The molecule has 1 N–H and O–H groups in total. The number of piperidine rings is 1. The first-order chi connectivity index (χ1) is 9.95. The third-order valence-corrected chi connectivity index (χ3v) is 6.19. The van der Waals surface area contributed by atoms with Gasteiger partial charge < -0.3 is 10.1 Å². The molecule has 132 valence electrons. The Hall–Kier alpha value is 0.0800. The minimum Gasteiger partial charge on any atom is -0.373 e. The van der Waals surface area contributed by atoms with E-state index in [1.807, 2.05) is 20.8 Å². The van der Waals surface area contributed by atoms with Crippen molar-refractivity contribution in [1.29, 1.82) is 0 Å². The highest BCUT2D eigenvalue weighted by Gasteiger charge is 2.38. The summed E-state index contributed by atoms with van der Waals surface area (Å²) in [5, 5.41) is 3.30. The van der Waals surface area contributed by atoms with Crippen molar-refractivity contribution in [2.24, 2.45) is 0 Å². The molecule has 2 atom stereocenters. The molecule has 2 aliphatic rings. The Morgan fingerprint density at radius 1 is 1.18 bits per heavy atom. The fourth-order valence-corrected chi connectivity index (χ4v) is 5.36. The number of hydrogen-bond donors (Lipinski definition) is 1. The molecule has 0 amide bonds. The van der Waals surface area contributed by atoms with E-state index in [0.717, 1.165) is 32.4 Å². The summed E-state index contributed by atoms with van der Waals surface area (Å²) in [5.74, 6) is 0. The van der Waals surface area contributed by atoms with Gasteiger partial charge in [-0.05, 0) is 46.2 Å². The van der Waals surface area contributed by atoms with E-state index in [0.29, 0.717) is 19.6 Å². The van der Waals surface area contributed by atoms with Crippen LogP contribution in [-0.4, -0.2) is 68.0 Å². The Labute approximate surface area is 141 Å². The van der Waals surface area contributed by atoms with Crippen molar-refractivity contribution in [1.82, 2.24) is 13.9 Å². The van der Waals surface area contributed by atoms with E-state index in [1.54, 1.807) is 8.61 Å². The summed E-state index contributed by atoms with van der Waals surface area (Å²) in [6, 6.07) is 0.129. The van der Waals surface area contributed by atoms with E-state index >= 15 is 0 Å². The molecule has 8 heteroatoms. The molecule has 2 saturated heterocycles. The standard InChI is InChI=1S/C14H29N3O3S.ClH/c1-4-9-17(14-5-7-15-8-6-14)21(18,19)16-10-12(2)20-13(3)11-16;/h12-15H,4-11H2,1-3H3;1H. The average Bonchev–Trinajstić information content (AvgIpc) is 2.44. The highest BCUT2D eigenvalue weighted by atomic mass is 35.5. The quantitative estimate of drug-likeness (QED) is 0.805. The van der Waals surface area contributed by atoms with Crippen molar-refractivity contribution in [2.75, 3.05) is 32.7 Å². The third kappa shape index (κ3) is 4.79. The van der Waals surface area contributed by atoms with Gasteiger partial charge in [-0.25, -0.2) is 0 Å². The molecular weight excluding hydrogens is 326 g/mol. The molecule has 0 bridgehead atoms. The highest BCUT2D eigenvalue weighted by molar-refractivity contribution is 7.86. The molecule has 2 fully saturated rings. The SMILES string of the molecule is CCCN(C1CCNCC1)S(=O)(=O)N1CC(C)OC(C)C1.Cl. The average molecular weight is 356 g/mol. The van der Waals surface area contributed by atoms with Crippen molar-refractivity contribution in [3.8, 4) is 0 Å². The minimum absolute atomic E-state index is 0. The van der Waals surface area contributed by atoms with E-state index in [4.69, 9.17) is 4.74 Å². The summed E-state index contributed by atoms with van der Waals surface area (Å²) >= 11 is 0. The van der Waals surface area contributed by atoms with E-state index in [9.17, 15) is 8.42 Å². The smallest absolute Gasteiger partial charge is 0.282 e. The summed E-state index contributed by atoms with van der Waals surface area (Å²) in [6.45, 7) is 9.23. The fraction of sp³-hybridized carbons (Fsp3) is 1.00. The molecule has 2 heterocycles. The lowest BCUT2D eigenvalue weighted by Crippen LogP contribution is -2.56. The molecule has 0 spiro atoms. The van der Waals surface area contributed by atoms with Gasteiger partial charge in [-0.2, -0.15) is 17.0 Å². The maximum Gasteiger partial charge on any atom is 0.282 e. The normalized spacial score (nSPS) is 28.5. The zero-order valence-corrected chi connectivity index (χ0v) is 15.5. The zero-order valence-electron chi connectivity index (χ0n) is 13.8. The monoisotopic (exact) mass is 355 g/mol. The maximum absolute atomic E-state index is 13.0. The lowest BCUT2D eigenvalue weighted by atomic mass is 10.1. The Morgan fingerprint density at radius 3 is 2.23 bits per heavy atom. The van der Waals surface area contributed by atoms with Crippen molar-refractivity contribution < 1.29 is 13.2 Å². The van der Waals surface area contributed by atoms with Crippen LogP contribution in [0.25, 0.3) is 0 Å². The van der Waals surface area contributed by atoms with Crippen LogP contribution in [-0.2, 0) is 14.9 Å². The van der Waals surface area contributed by atoms with Gasteiger partial charge >= 0.3 is 0 Å². The van der Waals surface area contributed by atoms with Crippen LogP contribution in [0.4, 0.5) is 0 Å². The fourth-order valence-electron chi connectivity index (χ4n) is 3.27. The molecular formula is C14H30ClN3O3S. The predicted molar refractivity (Wildman–Crippen MR) is 90.6 cm³/mol. The molecule has 6 nitrogen and oxygen atoms in total. The van der Waals surface area contributed by atoms with Gasteiger partial charge in [0.15, 0.2) is 0 Å². The Kier molecular flexibility index (Phi) is 8.05. The number of rotatable bonds is 5. The third-order valence-electron chi connectivity index (χ3n) is 4.17. The molecule has 0 aromatic carbocycles. The molecule has 0 aromatic rings. The Bertz CT molecular complexity index is 419.